The lowest BCUT2D eigenvalue weighted by molar-refractivity contribution is -0.382. The molecule has 3 nitrogen and oxygen atoms in total. The Morgan fingerprint density at radius 2 is 1.00 bits per heavy atom. The summed E-state index contributed by atoms with van der Waals surface area (Å²) in [5.41, 5.74) is 0. The molecule has 0 saturated heterocycles. The minimum absolute atomic E-state index is 0.141. The number of hydrogen-bond acceptors (Lipinski definition) is 4. The lowest BCUT2D eigenvalue weighted by Crippen LogP contribution is -2.63. The second kappa shape index (κ2) is 10.3. The topological polar surface area (TPSA) is 43.4 Å². The van der Waals surface area contributed by atoms with Crippen LogP contribution in [0, 0.1) is 0 Å². The zero-order valence-corrected chi connectivity index (χ0v) is 21.4. The van der Waals surface area contributed by atoms with E-state index < -0.39 is 43.7 Å². The Hall–Kier alpha value is -2.36. The molecule has 3 aromatic rings. The van der Waals surface area contributed by atoms with Crippen LogP contribution >= 0.6 is 22.1 Å². The van der Waals surface area contributed by atoms with Crippen molar-refractivity contribution in [2.75, 3.05) is 6.26 Å². The van der Waals surface area contributed by atoms with E-state index in [4.69, 9.17) is 3.63 Å². The number of hydrogen-bond donors (Lipinski definition) is 0. The van der Waals surface area contributed by atoms with Crippen molar-refractivity contribution in [3.8, 4) is 0 Å². The first kappa shape index (κ1) is 30.2. The molecule has 0 unspecified atom stereocenters. The fraction of sp³-hybridized carbons (Fsp3) is 0.217. The van der Waals surface area contributed by atoms with Gasteiger partial charge in [0.2, 0.25) is 0 Å². The van der Waals surface area contributed by atoms with Gasteiger partial charge in [0.05, 0.1) is 0 Å². The maximum atomic E-state index is 14.8. The molecule has 0 fully saturated rings. The number of thioether (sulfide) groups is 1. The Balaban J connectivity index is 2.35. The molecule has 0 bridgehead atoms. The summed E-state index contributed by atoms with van der Waals surface area (Å²) in [5, 5.41) is -7.01. The first-order valence-electron chi connectivity index (χ1n) is 10.2. The van der Waals surface area contributed by atoms with Crippen LogP contribution in [0.15, 0.2) is 105 Å². The third-order valence-corrected chi connectivity index (χ3v) is 11.1. The predicted molar refractivity (Wildman–Crippen MR) is 124 cm³/mol. The summed E-state index contributed by atoms with van der Waals surface area (Å²) in [5.74, 6) is -14.9. The molecule has 0 saturated carbocycles. The molecule has 0 heterocycles. The summed E-state index contributed by atoms with van der Waals surface area (Å²) in [6.45, 7) is 0. The van der Waals surface area contributed by atoms with Crippen molar-refractivity contribution in [1.82, 2.24) is 0 Å². The highest BCUT2D eigenvalue weighted by Gasteiger charge is 2.86. The summed E-state index contributed by atoms with van der Waals surface area (Å²) < 4.78 is 153. The van der Waals surface area contributed by atoms with Gasteiger partial charge in [-0.05, 0) is 65.1 Å². The third-order valence-electron chi connectivity index (χ3n) is 5.16. The van der Waals surface area contributed by atoms with Crippen LogP contribution in [0.5, 0.6) is 0 Å². The van der Waals surface area contributed by atoms with Gasteiger partial charge in [-0.1, -0.05) is 36.4 Å². The van der Waals surface area contributed by atoms with Crippen LogP contribution in [0.4, 0.5) is 39.5 Å². The number of alkyl halides is 9. The fourth-order valence-electron chi connectivity index (χ4n) is 3.21. The van der Waals surface area contributed by atoms with Crippen LogP contribution in [0.1, 0.15) is 0 Å². The van der Waals surface area contributed by atoms with Gasteiger partial charge < -0.3 is 0 Å². The maximum absolute atomic E-state index is 14.8. The van der Waals surface area contributed by atoms with E-state index in [9.17, 15) is 47.9 Å². The smallest absolute Gasteiger partial charge is 0.202 e. The summed E-state index contributed by atoms with van der Waals surface area (Å²) in [6.07, 6.45) is -5.51. The average Bonchev–Trinajstić information content (AvgIpc) is 2.87. The van der Waals surface area contributed by atoms with Gasteiger partial charge in [0.25, 0.3) is 0 Å². The van der Waals surface area contributed by atoms with Crippen LogP contribution < -0.4 is 0 Å². The van der Waals surface area contributed by atoms with Gasteiger partial charge in [-0.15, -0.1) is 11.8 Å². The molecule has 0 atom stereocenters. The molecule has 38 heavy (non-hydrogen) atoms. The molecule has 0 amide bonds. The average molecular weight is 609 g/mol. The molecule has 208 valence electrons. The summed E-state index contributed by atoms with van der Waals surface area (Å²) in [6, 6.07) is 18.6. The molecule has 0 radical (unpaired) electrons. The zero-order valence-electron chi connectivity index (χ0n) is 18.9. The van der Waals surface area contributed by atoms with Gasteiger partial charge in [-0.3, -0.25) is 0 Å². The van der Waals surface area contributed by atoms with Crippen molar-refractivity contribution in [3.63, 3.8) is 0 Å². The molecule has 15 heteroatoms. The van der Waals surface area contributed by atoms with Gasteiger partial charge in [-0.2, -0.15) is 47.9 Å². The molecular formula is C23H17F9O3S3. The molecule has 0 aliphatic rings. The SMILES string of the molecule is CSc1ccc(S(OS(=O)(=O)C(F)(F)C(F)(F)C(F)(F)C(F)(F)F)(c2ccccc2)c2ccccc2)cc1. The lowest BCUT2D eigenvalue weighted by Gasteiger charge is -2.41. The van der Waals surface area contributed by atoms with Crippen LogP contribution in [-0.4, -0.2) is 37.9 Å². The van der Waals surface area contributed by atoms with Crippen molar-refractivity contribution in [2.24, 2.45) is 0 Å². The van der Waals surface area contributed by atoms with Crippen molar-refractivity contribution in [3.05, 3.63) is 84.9 Å². The highest BCUT2D eigenvalue weighted by atomic mass is 32.3. The largest absolute Gasteiger partial charge is 0.460 e. The lowest BCUT2D eigenvalue weighted by atomic mass is 10.1. The summed E-state index contributed by atoms with van der Waals surface area (Å²) >= 11 is 1.25. The molecule has 0 aliphatic carbocycles. The second-order valence-corrected chi connectivity index (χ2v) is 12.9. The van der Waals surface area contributed by atoms with Crippen LogP contribution in [-0.2, 0) is 13.7 Å². The van der Waals surface area contributed by atoms with Crippen LogP contribution in [0.3, 0.4) is 0 Å². The highest BCUT2D eigenvalue weighted by molar-refractivity contribution is 8.33. The van der Waals surface area contributed by atoms with Crippen LogP contribution in [0.2, 0.25) is 0 Å². The van der Waals surface area contributed by atoms with E-state index >= 15 is 0 Å². The van der Waals surface area contributed by atoms with E-state index in [-0.39, 0.29) is 14.7 Å². The Morgan fingerprint density at radius 3 is 1.37 bits per heavy atom. The fourth-order valence-corrected chi connectivity index (χ4v) is 8.84. The molecule has 0 spiro atoms. The Labute approximate surface area is 217 Å². The van der Waals surface area contributed by atoms with Gasteiger partial charge in [0, 0.05) is 19.6 Å². The molecule has 0 N–H and O–H groups in total. The summed E-state index contributed by atoms with van der Waals surface area (Å²) in [7, 11) is -11.2. The summed E-state index contributed by atoms with van der Waals surface area (Å²) in [4.78, 5) is 0.187. The number of benzene rings is 3. The first-order chi connectivity index (χ1) is 17.5. The van der Waals surface area contributed by atoms with E-state index in [1.165, 1.54) is 96.7 Å². The molecule has 0 aliphatic heterocycles. The Morgan fingerprint density at radius 1 is 0.605 bits per heavy atom. The normalized spacial score (nSPS) is 14.4. The minimum Gasteiger partial charge on any atom is -0.202 e. The second-order valence-electron chi connectivity index (χ2n) is 7.54. The van der Waals surface area contributed by atoms with Crippen molar-refractivity contribution >= 4 is 32.2 Å². The van der Waals surface area contributed by atoms with Crippen molar-refractivity contribution < 1.29 is 51.6 Å². The molecule has 3 aromatic carbocycles. The third kappa shape index (κ3) is 4.89. The molecular weight excluding hydrogens is 591 g/mol. The van der Waals surface area contributed by atoms with Gasteiger partial charge >= 0.3 is 33.4 Å². The number of rotatable bonds is 9. The molecule has 3 rings (SSSR count). The van der Waals surface area contributed by atoms with Crippen molar-refractivity contribution in [1.29, 1.82) is 0 Å². The van der Waals surface area contributed by atoms with E-state index in [0.717, 1.165) is 0 Å². The van der Waals surface area contributed by atoms with Crippen molar-refractivity contribution in [2.45, 2.75) is 42.9 Å². The van der Waals surface area contributed by atoms with E-state index in [0.29, 0.717) is 4.90 Å². The van der Waals surface area contributed by atoms with E-state index in [2.05, 4.69) is 0 Å². The van der Waals surface area contributed by atoms with E-state index in [1.54, 1.807) is 6.26 Å². The highest BCUT2D eigenvalue weighted by Crippen LogP contribution is 2.71. The van der Waals surface area contributed by atoms with E-state index in [1.807, 2.05) is 0 Å². The quantitative estimate of drug-likeness (QED) is 0.181. The standard InChI is InChI=1S/C23H17F9O3S3/c1-36-16-12-14-19(15-13-16)37(17-8-4-2-5-9-17,18-10-6-3-7-11-18)35-38(33,34)23(31,32)21(26,27)20(24,25)22(28,29)30/h2-15H,1H3. The van der Waals surface area contributed by atoms with Gasteiger partial charge in [0.15, 0.2) is 0 Å². The monoisotopic (exact) mass is 608 g/mol. The van der Waals surface area contributed by atoms with Gasteiger partial charge in [0.1, 0.15) is 0 Å². The first-order valence-corrected chi connectivity index (χ1v) is 14.4. The predicted octanol–water partition coefficient (Wildman–Crippen LogP) is 8.38. The zero-order chi connectivity index (χ0) is 28.6. The molecule has 0 aromatic heterocycles. The Bertz CT molecular complexity index is 1310. The van der Waals surface area contributed by atoms with Gasteiger partial charge in [-0.25, -0.2) is 3.63 Å². The number of halogens is 9. The Kier molecular flexibility index (Phi) is 8.20. The minimum atomic E-state index is -7.43. The van der Waals surface area contributed by atoms with Crippen LogP contribution in [0.25, 0.3) is 0 Å². The maximum Gasteiger partial charge on any atom is 0.460 e.